The molecule has 0 N–H and O–H groups in total. The Labute approximate surface area is 117 Å². The van der Waals surface area contributed by atoms with Crippen molar-refractivity contribution < 1.29 is 8.78 Å². The Morgan fingerprint density at radius 2 is 1.63 bits per heavy atom. The zero-order chi connectivity index (χ0) is 13.6. The molecule has 3 rings (SSSR count). The van der Waals surface area contributed by atoms with E-state index in [1.165, 1.54) is 12.1 Å². The Hall–Kier alpha value is -1.68. The fraction of sp³-hybridized carbons (Fsp3) is 0.0667. The van der Waals surface area contributed by atoms with E-state index in [1.54, 1.807) is 17.7 Å². The highest BCUT2D eigenvalue weighted by Crippen LogP contribution is 2.32. The van der Waals surface area contributed by atoms with Crippen molar-refractivity contribution in [2.45, 2.75) is 0 Å². The minimum absolute atomic E-state index is 0.00176. The molecule has 0 fully saturated rings. The second-order valence-electron chi connectivity index (χ2n) is 4.39. The summed E-state index contributed by atoms with van der Waals surface area (Å²) in [6.45, 7) is 0. The molecule has 0 aliphatic heterocycles. The van der Waals surface area contributed by atoms with E-state index in [9.17, 15) is 8.78 Å². The van der Waals surface area contributed by atoms with Crippen molar-refractivity contribution in [2.24, 2.45) is 7.05 Å². The number of aryl methyl sites for hydroxylation is 1. The number of rotatable bonds is 1. The lowest BCUT2D eigenvalue weighted by Gasteiger charge is -2.07. The molecule has 0 atom stereocenters. The van der Waals surface area contributed by atoms with Crippen LogP contribution in [0.5, 0.6) is 0 Å². The van der Waals surface area contributed by atoms with Gasteiger partial charge in [0.25, 0.3) is 0 Å². The van der Waals surface area contributed by atoms with Crippen LogP contribution in [-0.4, -0.2) is 4.57 Å². The van der Waals surface area contributed by atoms with Crippen molar-refractivity contribution in [1.29, 1.82) is 0 Å². The van der Waals surface area contributed by atoms with Crippen LogP contribution in [0.25, 0.3) is 22.2 Å². The van der Waals surface area contributed by atoms with Crippen LogP contribution in [0.4, 0.5) is 8.78 Å². The highest BCUT2D eigenvalue weighted by atomic mass is 79.9. The molecule has 1 heterocycles. The summed E-state index contributed by atoms with van der Waals surface area (Å²) in [7, 11) is 1.80. The van der Waals surface area contributed by atoms with Gasteiger partial charge in [0.1, 0.15) is 11.6 Å². The molecule has 19 heavy (non-hydrogen) atoms. The normalized spacial score (nSPS) is 11.2. The SMILES string of the molecule is Cn1c(-c2c(F)cc(Br)cc2F)cc2ccccc21. The number of fused-ring (bicyclic) bond motifs is 1. The number of aromatic nitrogens is 1. The molecule has 0 saturated heterocycles. The van der Waals surface area contributed by atoms with Gasteiger partial charge in [-0.15, -0.1) is 0 Å². The van der Waals surface area contributed by atoms with Gasteiger partial charge in [-0.2, -0.15) is 0 Å². The molecule has 1 aromatic heterocycles. The predicted molar refractivity (Wildman–Crippen MR) is 76.0 cm³/mol. The van der Waals surface area contributed by atoms with Crippen molar-refractivity contribution in [3.63, 3.8) is 0 Å². The second-order valence-corrected chi connectivity index (χ2v) is 5.31. The summed E-state index contributed by atoms with van der Waals surface area (Å²) in [6, 6.07) is 12.0. The van der Waals surface area contributed by atoms with E-state index in [0.717, 1.165) is 10.9 Å². The average Bonchev–Trinajstić information content (AvgIpc) is 2.66. The lowest BCUT2D eigenvalue weighted by molar-refractivity contribution is 0.586. The standard InChI is InChI=1S/C15H10BrF2N/c1-19-13-5-3-2-4-9(13)6-14(19)15-11(17)7-10(16)8-12(15)18/h2-8H,1H3. The lowest BCUT2D eigenvalue weighted by atomic mass is 10.1. The third-order valence-corrected chi connectivity index (χ3v) is 3.67. The number of hydrogen-bond donors (Lipinski definition) is 0. The van der Waals surface area contributed by atoms with Crippen LogP contribution in [0, 0.1) is 11.6 Å². The smallest absolute Gasteiger partial charge is 0.136 e. The molecule has 0 aliphatic carbocycles. The zero-order valence-corrected chi connectivity index (χ0v) is 11.7. The molecule has 96 valence electrons. The van der Waals surface area contributed by atoms with Gasteiger partial charge < -0.3 is 4.57 Å². The molecular weight excluding hydrogens is 312 g/mol. The van der Waals surface area contributed by atoms with Gasteiger partial charge in [-0.1, -0.05) is 34.1 Å². The summed E-state index contributed by atoms with van der Waals surface area (Å²) in [6.07, 6.45) is 0. The first-order valence-corrected chi connectivity index (χ1v) is 6.56. The molecule has 0 unspecified atom stereocenters. The second kappa shape index (κ2) is 4.46. The summed E-state index contributed by atoms with van der Waals surface area (Å²) in [5.41, 5.74) is 1.48. The molecule has 0 saturated carbocycles. The fourth-order valence-corrected chi connectivity index (χ4v) is 2.72. The van der Waals surface area contributed by atoms with Crippen LogP contribution in [-0.2, 0) is 7.05 Å². The number of hydrogen-bond acceptors (Lipinski definition) is 0. The maximum absolute atomic E-state index is 14.0. The van der Waals surface area contributed by atoms with Gasteiger partial charge in [0.15, 0.2) is 0 Å². The van der Waals surface area contributed by atoms with Crippen LogP contribution in [0.3, 0.4) is 0 Å². The molecule has 0 aliphatic rings. The molecular formula is C15H10BrF2N. The highest BCUT2D eigenvalue weighted by Gasteiger charge is 2.17. The van der Waals surface area contributed by atoms with Gasteiger partial charge in [-0.25, -0.2) is 8.78 Å². The van der Waals surface area contributed by atoms with Crippen molar-refractivity contribution in [3.05, 3.63) is 58.6 Å². The first kappa shape index (κ1) is 12.4. The molecule has 3 aromatic rings. The van der Waals surface area contributed by atoms with E-state index in [0.29, 0.717) is 10.2 Å². The summed E-state index contributed by atoms with van der Waals surface area (Å²) in [5.74, 6) is -1.14. The topological polar surface area (TPSA) is 4.93 Å². The fourth-order valence-electron chi connectivity index (χ4n) is 2.32. The van der Waals surface area contributed by atoms with Gasteiger partial charge >= 0.3 is 0 Å². The van der Waals surface area contributed by atoms with Gasteiger partial charge in [0.2, 0.25) is 0 Å². The number of benzene rings is 2. The van der Waals surface area contributed by atoms with Gasteiger partial charge in [0, 0.05) is 22.4 Å². The minimum atomic E-state index is -0.571. The van der Waals surface area contributed by atoms with E-state index in [1.807, 2.05) is 24.3 Å². The predicted octanol–water partition coefficient (Wildman–Crippen LogP) is 4.89. The monoisotopic (exact) mass is 321 g/mol. The Balaban J connectivity index is 2.34. The van der Waals surface area contributed by atoms with E-state index in [2.05, 4.69) is 15.9 Å². The summed E-state index contributed by atoms with van der Waals surface area (Å²) >= 11 is 3.09. The molecule has 0 bridgehead atoms. The van der Waals surface area contributed by atoms with Crippen LogP contribution >= 0.6 is 15.9 Å². The molecule has 0 radical (unpaired) electrons. The third kappa shape index (κ3) is 1.96. The van der Waals surface area contributed by atoms with Gasteiger partial charge in [0.05, 0.1) is 11.3 Å². The van der Waals surface area contributed by atoms with Crippen molar-refractivity contribution >= 4 is 26.8 Å². The van der Waals surface area contributed by atoms with Crippen molar-refractivity contribution in [1.82, 2.24) is 4.57 Å². The van der Waals surface area contributed by atoms with E-state index < -0.39 is 11.6 Å². The molecule has 1 nitrogen and oxygen atoms in total. The Morgan fingerprint density at radius 1 is 1.00 bits per heavy atom. The Bertz CT molecular complexity index is 754. The summed E-state index contributed by atoms with van der Waals surface area (Å²) < 4.78 is 30.2. The van der Waals surface area contributed by atoms with Gasteiger partial charge in [-0.3, -0.25) is 0 Å². The largest absolute Gasteiger partial charge is 0.343 e. The number of para-hydroxylation sites is 1. The molecule has 2 aromatic carbocycles. The van der Waals surface area contributed by atoms with E-state index >= 15 is 0 Å². The average molecular weight is 322 g/mol. The number of halogens is 3. The molecule has 0 spiro atoms. The number of nitrogens with zero attached hydrogens (tertiary/aromatic N) is 1. The highest BCUT2D eigenvalue weighted by molar-refractivity contribution is 9.10. The van der Waals surface area contributed by atoms with Crippen molar-refractivity contribution in [2.75, 3.05) is 0 Å². The van der Waals surface area contributed by atoms with Crippen LogP contribution in [0.1, 0.15) is 0 Å². The van der Waals surface area contributed by atoms with Crippen LogP contribution < -0.4 is 0 Å². The molecule has 0 amide bonds. The van der Waals surface area contributed by atoms with Crippen molar-refractivity contribution in [3.8, 4) is 11.3 Å². The maximum Gasteiger partial charge on any atom is 0.136 e. The minimum Gasteiger partial charge on any atom is -0.343 e. The first-order chi connectivity index (χ1) is 9.08. The zero-order valence-electron chi connectivity index (χ0n) is 10.1. The lowest BCUT2D eigenvalue weighted by Crippen LogP contribution is -1.96. The Morgan fingerprint density at radius 3 is 2.26 bits per heavy atom. The van der Waals surface area contributed by atoms with Gasteiger partial charge in [-0.05, 0) is 24.3 Å². The van der Waals surface area contributed by atoms with E-state index in [-0.39, 0.29) is 5.56 Å². The van der Waals surface area contributed by atoms with E-state index in [4.69, 9.17) is 0 Å². The first-order valence-electron chi connectivity index (χ1n) is 5.77. The third-order valence-electron chi connectivity index (χ3n) is 3.21. The quantitative estimate of drug-likeness (QED) is 0.601. The molecule has 4 heteroatoms. The van der Waals surface area contributed by atoms with Crippen LogP contribution in [0.15, 0.2) is 46.9 Å². The Kier molecular flexibility index (Phi) is 2.90. The van der Waals surface area contributed by atoms with Crippen LogP contribution in [0.2, 0.25) is 0 Å². The maximum atomic E-state index is 14.0. The summed E-state index contributed by atoms with van der Waals surface area (Å²) in [5, 5.41) is 0.960. The summed E-state index contributed by atoms with van der Waals surface area (Å²) in [4.78, 5) is 0.